The van der Waals surface area contributed by atoms with Crippen molar-refractivity contribution in [2.24, 2.45) is 5.92 Å². The summed E-state index contributed by atoms with van der Waals surface area (Å²) in [5.74, 6) is 0.229. The van der Waals surface area contributed by atoms with Crippen LogP contribution in [0.2, 0.25) is 5.02 Å². The number of amides is 3. The van der Waals surface area contributed by atoms with Crippen molar-refractivity contribution < 1.29 is 14.3 Å². The molecule has 3 amide bonds. The number of rotatable bonds is 4. The predicted molar refractivity (Wildman–Crippen MR) is 107 cm³/mol. The molecule has 1 aromatic rings. The van der Waals surface area contributed by atoms with Gasteiger partial charge in [-0.05, 0) is 64.2 Å². The number of halogens is 1. The minimum Gasteiger partial charge on any atom is -0.444 e. The lowest BCUT2D eigenvalue weighted by Crippen LogP contribution is -2.46. The maximum Gasteiger partial charge on any atom is 0.410 e. The average molecular weight is 396 g/mol. The molecule has 7 heteroatoms. The van der Waals surface area contributed by atoms with Gasteiger partial charge < -0.3 is 20.3 Å². The number of piperidine rings is 1. The summed E-state index contributed by atoms with van der Waals surface area (Å²) in [6, 6.07) is 7.23. The Balaban J connectivity index is 2.05. The smallest absolute Gasteiger partial charge is 0.410 e. The molecule has 6 nitrogen and oxygen atoms in total. The summed E-state index contributed by atoms with van der Waals surface area (Å²) in [5.41, 5.74) is 0.515. The summed E-state index contributed by atoms with van der Waals surface area (Å²) < 4.78 is 5.46. The van der Waals surface area contributed by atoms with Crippen LogP contribution in [0.25, 0.3) is 0 Å². The molecule has 2 N–H and O–H groups in total. The molecule has 0 bridgehead atoms. The zero-order valence-electron chi connectivity index (χ0n) is 16.5. The second-order valence-corrected chi connectivity index (χ2v) is 8.27. The summed E-state index contributed by atoms with van der Waals surface area (Å²) >= 11 is 6.01. The Labute approximate surface area is 166 Å². The fourth-order valence-electron chi connectivity index (χ4n) is 3.24. The molecule has 1 aliphatic heterocycles. The Morgan fingerprint density at radius 3 is 2.33 bits per heavy atom. The Hall–Kier alpha value is -1.95. The maximum atomic E-state index is 12.3. The highest BCUT2D eigenvalue weighted by Crippen LogP contribution is 2.32. The van der Waals surface area contributed by atoms with Crippen molar-refractivity contribution in [1.29, 1.82) is 0 Å². The normalized spacial score (nSPS) is 16.6. The lowest BCUT2D eigenvalue weighted by atomic mass is 9.85. The largest absolute Gasteiger partial charge is 0.444 e. The second kappa shape index (κ2) is 9.31. The molecule has 0 radical (unpaired) electrons. The highest BCUT2D eigenvalue weighted by Gasteiger charge is 2.32. The fraction of sp³-hybridized carbons (Fsp3) is 0.600. The molecular weight excluding hydrogens is 366 g/mol. The molecule has 0 spiro atoms. The van der Waals surface area contributed by atoms with Crippen LogP contribution >= 0.6 is 11.6 Å². The Kier molecular flexibility index (Phi) is 7.36. The van der Waals surface area contributed by atoms with Crippen LogP contribution in [0.15, 0.2) is 24.3 Å². The van der Waals surface area contributed by atoms with Crippen molar-refractivity contribution in [1.82, 2.24) is 15.5 Å². The van der Waals surface area contributed by atoms with Gasteiger partial charge in [-0.15, -0.1) is 0 Å². The molecule has 1 unspecified atom stereocenters. The zero-order chi connectivity index (χ0) is 20.0. The van der Waals surface area contributed by atoms with E-state index >= 15 is 0 Å². The number of nitrogens with one attached hydrogen (secondary N) is 2. The molecule has 1 aromatic carbocycles. The van der Waals surface area contributed by atoms with Gasteiger partial charge in [0.1, 0.15) is 5.60 Å². The van der Waals surface area contributed by atoms with Gasteiger partial charge >= 0.3 is 12.1 Å². The van der Waals surface area contributed by atoms with Crippen LogP contribution in [-0.2, 0) is 4.74 Å². The van der Waals surface area contributed by atoms with E-state index in [1.165, 1.54) is 0 Å². The number of likely N-dealkylation sites (tertiary alicyclic amines) is 1. The first kappa shape index (κ1) is 21.4. The number of benzene rings is 1. The van der Waals surface area contributed by atoms with Gasteiger partial charge in [0.2, 0.25) is 0 Å². The van der Waals surface area contributed by atoms with Crippen molar-refractivity contribution in [3.8, 4) is 0 Å². The highest BCUT2D eigenvalue weighted by molar-refractivity contribution is 6.30. The van der Waals surface area contributed by atoms with E-state index in [4.69, 9.17) is 16.3 Å². The van der Waals surface area contributed by atoms with Gasteiger partial charge in [-0.1, -0.05) is 23.7 Å². The van der Waals surface area contributed by atoms with E-state index in [9.17, 15) is 9.59 Å². The summed E-state index contributed by atoms with van der Waals surface area (Å²) in [6.07, 6.45) is 1.30. The van der Waals surface area contributed by atoms with Crippen molar-refractivity contribution >= 4 is 23.7 Å². The van der Waals surface area contributed by atoms with E-state index in [1.807, 2.05) is 52.0 Å². The van der Waals surface area contributed by atoms with Crippen molar-refractivity contribution in [3.05, 3.63) is 34.9 Å². The number of hydrogen-bond donors (Lipinski definition) is 2. The lowest BCUT2D eigenvalue weighted by molar-refractivity contribution is 0.0170. The van der Waals surface area contributed by atoms with Crippen LogP contribution < -0.4 is 10.6 Å². The van der Waals surface area contributed by atoms with E-state index in [2.05, 4.69) is 10.6 Å². The molecule has 150 valence electrons. The van der Waals surface area contributed by atoms with Gasteiger partial charge in [-0.25, -0.2) is 9.59 Å². The summed E-state index contributed by atoms with van der Waals surface area (Å²) in [6.45, 7) is 9.27. The number of carbonyl (C=O) groups is 2. The topological polar surface area (TPSA) is 70.7 Å². The number of carbonyl (C=O) groups excluding carboxylic acids is 2. The number of urea groups is 1. The zero-order valence-corrected chi connectivity index (χ0v) is 17.3. The van der Waals surface area contributed by atoms with Gasteiger partial charge in [-0.2, -0.15) is 0 Å². The van der Waals surface area contributed by atoms with Crippen LogP contribution in [0, 0.1) is 5.92 Å². The SMILES string of the molecule is CCNC(=O)NC(c1ccc(Cl)cc1)C1CCN(C(=O)OC(C)(C)C)CC1. The standard InChI is InChI=1S/C20H30ClN3O3/c1-5-22-18(25)23-17(14-6-8-16(21)9-7-14)15-10-12-24(13-11-15)19(26)27-20(2,3)4/h6-9,15,17H,5,10-13H2,1-4H3,(H2,22,23,25). The summed E-state index contributed by atoms with van der Waals surface area (Å²) in [7, 11) is 0. The minimum absolute atomic E-state index is 0.130. The maximum absolute atomic E-state index is 12.3. The summed E-state index contributed by atoms with van der Waals surface area (Å²) in [5, 5.41) is 6.53. The van der Waals surface area contributed by atoms with Crippen LogP contribution in [0.3, 0.4) is 0 Å². The fourth-order valence-corrected chi connectivity index (χ4v) is 3.36. The number of nitrogens with zero attached hydrogens (tertiary/aromatic N) is 1. The third kappa shape index (κ3) is 6.61. The average Bonchev–Trinajstić information content (AvgIpc) is 2.59. The van der Waals surface area contributed by atoms with E-state index in [1.54, 1.807) is 4.90 Å². The van der Waals surface area contributed by atoms with Crippen molar-refractivity contribution in [3.63, 3.8) is 0 Å². The van der Waals surface area contributed by atoms with Crippen molar-refractivity contribution in [2.75, 3.05) is 19.6 Å². The molecule has 1 fully saturated rings. The first-order chi connectivity index (χ1) is 12.7. The van der Waals surface area contributed by atoms with Gasteiger partial charge in [-0.3, -0.25) is 0 Å². The van der Waals surface area contributed by atoms with Gasteiger partial charge in [0.15, 0.2) is 0 Å². The molecule has 1 atom stereocenters. The van der Waals surface area contributed by atoms with Crippen molar-refractivity contribution in [2.45, 2.75) is 52.2 Å². The molecule has 1 heterocycles. The van der Waals surface area contributed by atoms with E-state index in [0.29, 0.717) is 24.7 Å². The van der Waals surface area contributed by atoms with E-state index in [0.717, 1.165) is 18.4 Å². The summed E-state index contributed by atoms with van der Waals surface area (Å²) in [4.78, 5) is 26.1. The third-order valence-corrected chi connectivity index (χ3v) is 4.77. The van der Waals surface area contributed by atoms with Gasteiger partial charge in [0.25, 0.3) is 0 Å². The predicted octanol–water partition coefficient (Wildman–Crippen LogP) is 4.35. The van der Waals surface area contributed by atoms with Crippen LogP contribution in [-0.4, -0.2) is 42.3 Å². The molecule has 0 aromatic heterocycles. The first-order valence-corrected chi connectivity index (χ1v) is 9.85. The molecule has 2 rings (SSSR count). The molecular formula is C20H30ClN3O3. The minimum atomic E-state index is -0.500. The second-order valence-electron chi connectivity index (χ2n) is 7.84. The molecule has 1 saturated heterocycles. The number of ether oxygens (including phenoxy) is 1. The molecule has 0 aliphatic carbocycles. The Bertz CT molecular complexity index is 635. The third-order valence-electron chi connectivity index (χ3n) is 4.52. The van der Waals surface area contributed by atoms with Gasteiger partial charge in [0.05, 0.1) is 6.04 Å². The van der Waals surface area contributed by atoms with Gasteiger partial charge in [0, 0.05) is 24.7 Å². The molecule has 0 saturated carbocycles. The Morgan fingerprint density at radius 1 is 1.22 bits per heavy atom. The Morgan fingerprint density at radius 2 is 1.81 bits per heavy atom. The quantitative estimate of drug-likeness (QED) is 0.796. The van der Waals surface area contributed by atoms with E-state index in [-0.39, 0.29) is 24.1 Å². The van der Waals surface area contributed by atoms with E-state index < -0.39 is 5.60 Å². The van der Waals surface area contributed by atoms with Crippen LogP contribution in [0.1, 0.15) is 52.1 Å². The highest BCUT2D eigenvalue weighted by atomic mass is 35.5. The monoisotopic (exact) mass is 395 g/mol. The van der Waals surface area contributed by atoms with Crippen LogP contribution in [0.4, 0.5) is 9.59 Å². The molecule has 27 heavy (non-hydrogen) atoms. The first-order valence-electron chi connectivity index (χ1n) is 9.47. The lowest BCUT2D eigenvalue weighted by Gasteiger charge is -2.37. The van der Waals surface area contributed by atoms with Crippen LogP contribution in [0.5, 0.6) is 0 Å². The molecule has 1 aliphatic rings. The number of hydrogen-bond acceptors (Lipinski definition) is 3.